The van der Waals surface area contributed by atoms with E-state index >= 15 is 0 Å². The van der Waals surface area contributed by atoms with Crippen LogP contribution in [-0.2, 0) is 54.4 Å². The normalized spacial score (nSPS) is 16.6. The van der Waals surface area contributed by atoms with E-state index in [1.807, 2.05) is 13.8 Å². The third-order valence-electron chi connectivity index (χ3n) is 19.9. The van der Waals surface area contributed by atoms with Crippen LogP contribution in [-0.4, -0.2) is 273 Å². The fourth-order valence-corrected chi connectivity index (χ4v) is 17.7. The van der Waals surface area contributed by atoms with Crippen molar-refractivity contribution in [3.63, 3.8) is 0 Å². The summed E-state index contributed by atoms with van der Waals surface area (Å²) in [7, 11) is 5.52. The standard InChI is InChI=1S/C79H100IN20O24S2/c1-39(2)59(38-124-79(118)98-20-23-123-74(98)54-26-41(4)37-100(54)72(112)46-27-55(119-5)57(29-48(46)81)121-21-8-7-9-22-122-58-30-51-47(28-56(58)120-6)73(113)99-36-40(3)25-45(99)35-88-51)126-125-24-19-85-67(107)52(31-61(102)103)93-69(109)53(32-62(104)105)94-68(108)49(11-10-18-86-77(82)83)91-71(111)64(80-76(116)117)95-60(101)17-16-50(75(114)115)92-66(106)42-12-14-43(15-13-42)87-33-44-34-89-65-63(90-44)70(110)97-78(84)96-65/h12-15,27-30,34-35,39,45,49-50,52-54,59,64,74,87H,3-4,7-11,16-26,31-33,36-38,81H2,1-2,5-6H3,(H,85,107)(H,91,111)(H,92,106)(H,93,109)(H,94,108)(H,95,101)(H,102,103)(H,104,105)(H,114,115)(H,116,117)(H4,82,83,86)(H3,84,89,96,97,110)/q-1/t45-,49-,50-,52-,53-,54-,59+,64+,74?/m0/s1. The quantitative estimate of drug-likeness (QED) is 0.00218. The van der Waals surface area contributed by atoms with Crippen molar-refractivity contribution in [2.45, 2.75) is 143 Å². The molecular formula is C79H100IN20O24S2-. The number of carbonyl (C=O) groups excluding carboxylic acids is 9. The number of methoxy groups -OCH3 is 2. The summed E-state index contributed by atoms with van der Waals surface area (Å²) in [6.07, 6.45) is 0.449. The molecule has 3 saturated heterocycles. The third-order valence-corrected chi connectivity index (χ3v) is 25.0. The number of aliphatic imine (C=N–C) groups is 1. The molecule has 0 radical (unpaired) electrons. The number of rotatable bonds is 47. The number of guanidine groups is 1. The monoisotopic (exact) mass is 1900 g/mol. The Hall–Kier alpha value is -12.8. The van der Waals surface area contributed by atoms with Gasteiger partial charge in [0.2, 0.25) is 5.95 Å². The van der Waals surface area contributed by atoms with Gasteiger partial charge in [0.05, 0.1) is 93.2 Å². The summed E-state index contributed by atoms with van der Waals surface area (Å²) in [6.45, 7) is 13.2. The fraction of sp³-hybridized carbons (Fsp3) is 0.456. The molecule has 3 aromatic carbocycles. The van der Waals surface area contributed by atoms with E-state index in [0.29, 0.717) is 84.3 Å². The first-order valence-corrected chi connectivity index (χ1v) is 44.3. The number of unbranched alkanes of at least 4 members (excludes halogenated alkanes) is 2. The number of aliphatic carboxylic acids is 3. The van der Waals surface area contributed by atoms with Gasteiger partial charge in [-0.3, -0.25) is 34.1 Å². The molecule has 3 fully saturated rings. The van der Waals surface area contributed by atoms with E-state index in [-0.39, 0.29) is 140 Å². The summed E-state index contributed by atoms with van der Waals surface area (Å²) in [5.74, 6) is -11.4. The number of carbonyl (C=O) groups is 13. The number of nitrogen functional groups attached to an aromatic ring is 2. The maximum Gasteiger partial charge on any atom is 0.257 e. The van der Waals surface area contributed by atoms with Crippen LogP contribution in [0, 0.1) is 11.3 Å². The summed E-state index contributed by atoms with van der Waals surface area (Å²) in [6, 6.07) is 3.82. The van der Waals surface area contributed by atoms with Crippen molar-refractivity contribution in [1.82, 2.24) is 71.9 Å². The van der Waals surface area contributed by atoms with Crippen molar-refractivity contribution in [2.75, 3.05) is 95.9 Å². The van der Waals surface area contributed by atoms with Crippen LogP contribution in [0.15, 0.2) is 88.8 Å². The van der Waals surface area contributed by atoms with E-state index < -0.39 is 168 Å². The van der Waals surface area contributed by atoms with Crippen molar-refractivity contribution in [2.24, 2.45) is 16.6 Å². The summed E-state index contributed by atoms with van der Waals surface area (Å²) in [4.78, 5) is 209. The van der Waals surface area contributed by atoms with E-state index in [1.165, 1.54) is 83.3 Å². The number of ether oxygens (including phenoxy) is 6. The van der Waals surface area contributed by atoms with Gasteiger partial charge in [-0.1, -0.05) is 59.7 Å². The van der Waals surface area contributed by atoms with Crippen LogP contribution in [0.25, 0.3) is 11.2 Å². The SMILES string of the molecule is C=C1C[C@H]2C=Nc3cc(OCCCCCOc4cc(N)c(C(=O)N5CC(=C)C[C@H]5C5OCCN5C(=O)OC[C@@H](SSCCNC(=O)[C@H](CC(=O)O)NC(=O)[C@H](CC(=O)O)NC(=O)[C@H](CCCNC(=N)N)NC(=O)[C@@H](NC(=O)CC[C@H](NC(=O)c5ccc(NCc6cnc7nc(N)[nH]c(=O)c7n6)cc5)C(=O)O)[I-]C(=O)O)C(C)C)cc4OC)c(OC)cc3C(=O)N2C1. The predicted molar refractivity (Wildman–Crippen MR) is 454 cm³/mol. The number of hydrogen-bond acceptors (Lipinski definition) is 30. The van der Waals surface area contributed by atoms with Crippen LogP contribution in [0.2, 0.25) is 0 Å². The summed E-state index contributed by atoms with van der Waals surface area (Å²) in [5, 5.41) is 66.0. The number of aromatic nitrogens is 4. The topological polar surface area (TPSA) is 650 Å². The summed E-state index contributed by atoms with van der Waals surface area (Å²) < 4.78 is 32.1. The number of carboxylic acid groups (broad SMARTS) is 4. The summed E-state index contributed by atoms with van der Waals surface area (Å²) in [5.41, 5.74) is 20.6. The number of benzene rings is 3. The van der Waals surface area contributed by atoms with Crippen LogP contribution in [0.1, 0.15) is 121 Å². The van der Waals surface area contributed by atoms with Crippen molar-refractivity contribution >= 4 is 143 Å². The Kier molecular flexibility index (Phi) is 35.6. The third kappa shape index (κ3) is 27.6. The number of aromatic amines is 1. The molecule has 0 bridgehead atoms. The van der Waals surface area contributed by atoms with Crippen molar-refractivity contribution in [3.8, 4) is 23.0 Å². The number of likely N-dealkylation sites (tertiary alicyclic amines) is 1. The van der Waals surface area contributed by atoms with Crippen LogP contribution in [0.3, 0.4) is 0 Å². The second-order valence-corrected chi connectivity index (χ2v) is 35.1. The molecule has 0 spiro atoms. The smallest absolute Gasteiger partial charge is 0.257 e. The number of amides is 9. The van der Waals surface area contributed by atoms with Crippen LogP contribution < -0.4 is 105 Å². The van der Waals surface area contributed by atoms with E-state index in [2.05, 4.69) is 80.6 Å². The van der Waals surface area contributed by atoms with Gasteiger partial charge in [-0.25, -0.2) is 14.8 Å². The van der Waals surface area contributed by atoms with Gasteiger partial charge in [-0.05, 0) is 50.2 Å². The largest absolute Gasteiger partial charge is 0.493 e. The van der Waals surface area contributed by atoms with Gasteiger partial charge >= 0.3 is 306 Å². The predicted octanol–water partition coefficient (Wildman–Crippen LogP) is -0.751. The number of nitrogens with zero attached hydrogens (tertiary/aromatic N) is 7. The number of alkyl halides is 1. The molecule has 9 atom stereocenters. The average molecular weight is 1900 g/mol. The summed E-state index contributed by atoms with van der Waals surface area (Å²) >= 11 is -2.38. The zero-order valence-corrected chi connectivity index (χ0v) is 72.8. The Balaban J connectivity index is 0.719. The first-order valence-electron chi connectivity index (χ1n) is 39.6. The maximum atomic E-state index is 14.5. The molecule has 0 saturated carbocycles. The molecule has 9 amide bonds. The number of halogens is 1. The Labute approximate surface area is 738 Å². The van der Waals surface area contributed by atoms with Gasteiger partial charge in [-0.2, -0.15) is 4.98 Å². The van der Waals surface area contributed by atoms with Gasteiger partial charge in [0, 0.05) is 49.4 Å². The molecule has 4 aliphatic heterocycles. The number of H-pyrrole nitrogens is 1. The molecule has 126 heavy (non-hydrogen) atoms. The molecule has 680 valence electrons. The van der Waals surface area contributed by atoms with Gasteiger partial charge < -0.3 is 60.1 Å². The molecule has 2 aromatic heterocycles. The zero-order valence-electron chi connectivity index (χ0n) is 69.0. The first kappa shape index (κ1) is 97.0. The first-order chi connectivity index (χ1) is 60.1. The van der Waals surface area contributed by atoms with Gasteiger partial charge in [0.1, 0.15) is 6.61 Å². The van der Waals surface area contributed by atoms with Gasteiger partial charge in [0.15, 0.2) is 40.4 Å². The Morgan fingerprint density at radius 2 is 1.40 bits per heavy atom. The maximum absolute atomic E-state index is 14.5. The number of nitrogens with two attached hydrogens (primary N) is 3. The Morgan fingerprint density at radius 1 is 0.738 bits per heavy atom. The van der Waals surface area contributed by atoms with Crippen molar-refractivity contribution in [3.05, 3.63) is 112 Å². The van der Waals surface area contributed by atoms with Crippen LogP contribution in [0.5, 0.6) is 23.0 Å². The Morgan fingerprint density at radius 3 is 2.06 bits per heavy atom. The number of anilines is 3. The van der Waals surface area contributed by atoms with E-state index in [1.54, 1.807) is 28.1 Å². The average Bonchev–Trinajstić information content (AvgIpc) is 1.62. The second-order valence-electron chi connectivity index (χ2n) is 29.6. The molecule has 44 nitrogen and oxygen atoms in total. The number of fused-ring (bicyclic) bond motifs is 3. The molecule has 9 rings (SSSR count). The molecule has 4 aliphatic rings. The minimum absolute atomic E-state index is 0.00460. The minimum atomic E-state index is -2.38. The van der Waals surface area contributed by atoms with E-state index in [4.69, 9.17) is 51.0 Å². The van der Waals surface area contributed by atoms with Crippen LogP contribution >= 0.6 is 21.6 Å². The van der Waals surface area contributed by atoms with Gasteiger partial charge in [-0.15, -0.1) is 0 Å². The fourth-order valence-electron chi connectivity index (χ4n) is 13.5. The molecular weight excluding hydrogens is 1800 g/mol. The molecule has 6 heterocycles. The molecule has 20 N–H and O–H groups in total. The molecule has 1 unspecified atom stereocenters. The van der Waals surface area contributed by atoms with E-state index in [0.717, 1.165) is 5.57 Å². The van der Waals surface area contributed by atoms with Crippen LogP contribution in [0.4, 0.5) is 32.6 Å². The number of nitrogens with one attached hydrogen (secondary N) is 10. The van der Waals surface area contributed by atoms with Gasteiger partial charge in [0.25, 0.3) is 17.4 Å². The molecule has 0 aliphatic carbocycles. The zero-order chi connectivity index (χ0) is 91.6. The number of carboxylic acids is 3. The van der Waals surface area contributed by atoms with Crippen molar-refractivity contribution < 1.29 is 132 Å². The Bertz CT molecular complexity index is 5030. The van der Waals surface area contributed by atoms with Crippen molar-refractivity contribution in [1.29, 1.82) is 5.41 Å². The number of hydrogen-bond donors (Lipinski definition) is 17. The second kappa shape index (κ2) is 46.2. The molecule has 5 aromatic rings. The van der Waals surface area contributed by atoms with E-state index in [9.17, 15) is 87.5 Å². The molecule has 47 heteroatoms. The minimum Gasteiger partial charge on any atom is -0.493 e.